The second-order valence-electron chi connectivity index (χ2n) is 8.33. The highest BCUT2D eigenvalue weighted by Crippen LogP contribution is 2.36. The summed E-state index contributed by atoms with van der Waals surface area (Å²) < 4.78 is 14.9. The molecule has 0 aliphatic carbocycles. The monoisotopic (exact) mass is 527 g/mol. The topological polar surface area (TPSA) is 110 Å². The van der Waals surface area contributed by atoms with E-state index in [2.05, 4.69) is 4.90 Å². The van der Waals surface area contributed by atoms with Gasteiger partial charge in [-0.3, -0.25) is 23.9 Å². The standard InChI is InChI=1S/C24H22FN5O4S2/c1-14-17(11-19-23(34)30(13-20(31)32)24(35)36-19)21(27(2)22(33)18(14)12-26)29-9-7-28(8-10-29)16-5-3-15(25)4-6-16/h3-6,11H,7-10,13H2,1-2H3,(H,31,32)/b19-11-. The number of aliphatic carboxylic acids is 1. The normalized spacial score (nSPS) is 17.2. The minimum absolute atomic E-state index is 0.0292. The van der Waals surface area contributed by atoms with E-state index in [-0.39, 0.29) is 20.6 Å². The Hall–Kier alpha value is -3.69. The van der Waals surface area contributed by atoms with Gasteiger partial charge in [0.15, 0.2) is 0 Å². The number of thiocarbonyl (C=S) groups is 1. The van der Waals surface area contributed by atoms with Crippen LogP contribution in [0.25, 0.3) is 6.08 Å². The van der Waals surface area contributed by atoms with Crippen molar-refractivity contribution in [1.29, 1.82) is 5.26 Å². The Morgan fingerprint density at radius 2 is 1.81 bits per heavy atom. The van der Waals surface area contributed by atoms with Crippen LogP contribution in [0.2, 0.25) is 0 Å². The summed E-state index contributed by atoms with van der Waals surface area (Å²) in [5, 5.41) is 18.7. The van der Waals surface area contributed by atoms with Gasteiger partial charge in [0.1, 0.15) is 34.1 Å². The molecule has 1 aromatic heterocycles. The summed E-state index contributed by atoms with van der Waals surface area (Å²) in [7, 11) is 1.58. The van der Waals surface area contributed by atoms with Crippen LogP contribution in [0, 0.1) is 24.1 Å². The minimum atomic E-state index is -1.18. The molecule has 0 bridgehead atoms. The first-order chi connectivity index (χ1) is 17.1. The number of carboxylic acid groups (broad SMARTS) is 1. The lowest BCUT2D eigenvalue weighted by molar-refractivity contribution is -0.140. The van der Waals surface area contributed by atoms with Gasteiger partial charge in [-0.1, -0.05) is 24.0 Å². The van der Waals surface area contributed by atoms with E-state index < -0.39 is 24.0 Å². The molecule has 0 radical (unpaired) electrons. The quantitative estimate of drug-likeness (QED) is 0.463. The summed E-state index contributed by atoms with van der Waals surface area (Å²) in [5.74, 6) is -1.47. The van der Waals surface area contributed by atoms with Crippen molar-refractivity contribution in [2.24, 2.45) is 7.05 Å². The summed E-state index contributed by atoms with van der Waals surface area (Å²) in [6.07, 6.45) is 1.58. The van der Waals surface area contributed by atoms with E-state index in [0.29, 0.717) is 43.1 Å². The van der Waals surface area contributed by atoms with Gasteiger partial charge in [-0.15, -0.1) is 0 Å². The molecule has 0 spiro atoms. The first-order valence-electron chi connectivity index (χ1n) is 11.0. The highest BCUT2D eigenvalue weighted by molar-refractivity contribution is 8.26. The molecule has 2 saturated heterocycles. The van der Waals surface area contributed by atoms with Crippen LogP contribution in [0.1, 0.15) is 16.7 Å². The van der Waals surface area contributed by atoms with Crippen LogP contribution in [-0.4, -0.2) is 63.5 Å². The average molecular weight is 528 g/mol. The van der Waals surface area contributed by atoms with Crippen LogP contribution in [0.4, 0.5) is 15.9 Å². The number of piperazine rings is 1. The number of benzene rings is 1. The number of nitrogens with zero attached hydrogens (tertiary/aromatic N) is 5. The average Bonchev–Trinajstić information content (AvgIpc) is 3.11. The molecule has 36 heavy (non-hydrogen) atoms. The van der Waals surface area contributed by atoms with Gasteiger partial charge in [0, 0.05) is 44.5 Å². The van der Waals surface area contributed by atoms with E-state index in [9.17, 15) is 24.0 Å². The van der Waals surface area contributed by atoms with Gasteiger partial charge < -0.3 is 14.9 Å². The molecule has 0 saturated carbocycles. The number of nitriles is 1. The molecule has 4 rings (SSSR count). The molecule has 1 amide bonds. The lowest BCUT2D eigenvalue weighted by atomic mass is 10.0. The third-order valence-electron chi connectivity index (χ3n) is 6.18. The van der Waals surface area contributed by atoms with Crippen molar-refractivity contribution >= 4 is 57.8 Å². The van der Waals surface area contributed by atoms with Gasteiger partial charge in [0.05, 0.1) is 4.91 Å². The highest BCUT2D eigenvalue weighted by Gasteiger charge is 2.34. The van der Waals surface area contributed by atoms with Crippen LogP contribution in [0.15, 0.2) is 34.0 Å². The molecule has 12 heteroatoms. The Balaban J connectivity index is 1.72. The maximum Gasteiger partial charge on any atom is 0.323 e. The SMILES string of the molecule is Cc1c(/C=C2\SC(=S)N(CC(=O)O)C2=O)c(N2CCN(c3ccc(F)cc3)CC2)n(C)c(=O)c1C#N. The number of pyridine rings is 1. The van der Waals surface area contributed by atoms with Crippen LogP contribution in [-0.2, 0) is 16.6 Å². The zero-order valence-electron chi connectivity index (χ0n) is 19.5. The summed E-state index contributed by atoms with van der Waals surface area (Å²) >= 11 is 6.18. The predicted octanol–water partition coefficient (Wildman–Crippen LogP) is 2.32. The lowest BCUT2D eigenvalue weighted by Crippen LogP contribution is -2.48. The van der Waals surface area contributed by atoms with Crippen LogP contribution < -0.4 is 15.4 Å². The van der Waals surface area contributed by atoms with E-state index in [4.69, 9.17) is 17.3 Å². The van der Waals surface area contributed by atoms with Crippen LogP contribution >= 0.6 is 24.0 Å². The van der Waals surface area contributed by atoms with Gasteiger partial charge in [-0.2, -0.15) is 5.26 Å². The number of hydrogen-bond acceptors (Lipinski definition) is 8. The molecule has 9 nitrogen and oxygen atoms in total. The zero-order chi connectivity index (χ0) is 26.1. The third-order valence-corrected chi connectivity index (χ3v) is 7.56. The largest absolute Gasteiger partial charge is 0.480 e. The highest BCUT2D eigenvalue weighted by atomic mass is 32.2. The van der Waals surface area contributed by atoms with Crippen molar-refractivity contribution in [1.82, 2.24) is 9.47 Å². The van der Waals surface area contributed by atoms with Gasteiger partial charge in [0.2, 0.25) is 0 Å². The molecule has 2 aliphatic heterocycles. The molecule has 1 aromatic carbocycles. The molecular weight excluding hydrogens is 505 g/mol. The molecule has 2 aliphatic rings. The summed E-state index contributed by atoms with van der Waals surface area (Å²) in [4.78, 5) is 42.4. The Bertz CT molecular complexity index is 1390. The Morgan fingerprint density at radius 3 is 2.39 bits per heavy atom. The lowest BCUT2D eigenvalue weighted by Gasteiger charge is -2.38. The fourth-order valence-electron chi connectivity index (χ4n) is 4.33. The Morgan fingerprint density at radius 1 is 1.19 bits per heavy atom. The maximum atomic E-state index is 13.3. The Labute approximate surface area is 216 Å². The zero-order valence-corrected chi connectivity index (χ0v) is 21.2. The van der Waals surface area contributed by atoms with Crippen molar-refractivity contribution in [2.75, 3.05) is 42.5 Å². The fourth-order valence-corrected chi connectivity index (χ4v) is 5.56. The Kier molecular flexibility index (Phi) is 7.14. The number of thioether (sulfide) groups is 1. The number of hydrogen-bond donors (Lipinski definition) is 1. The van der Waals surface area contributed by atoms with E-state index in [1.165, 1.54) is 16.7 Å². The number of carboxylic acids is 1. The molecule has 2 fully saturated rings. The van der Waals surface area contributed by atoms with Crippen molar-refractivity contribution < 1.29 is 19.1 Å². The molecule has 0 unspecified atom stereocenters. The molecule has 186 valence electrons. The summed E-state index contributed by atoms with van der Waals surface area (Å²) in [5.41, 5.74) is 1.38. The van der Waals surface area contributed by atoms with Crippen molar-refractivity contribution in [3.63, 3.8) is 0 Å². The smallest absolute Gasteiger partial charge is 0.323 e. The van der Waals surface area contributed by atoms with E-state index >= 15 is 0 Å². The summed E-state index contributed by atoms with van der Waals surface area (Å²) in [6, 6.07) is 8.22. The fraction of sp³-hybridized carbons (Fsp3) is 0.292. The summed E-state index contributed by atoms with van der Waals surface area (Å²) in [6.45, 7) is 3.41. The first kappa shape index (κ1) is 25.4. The number of aromatic nitrogens is 1. The molecule has 2 aromatic rings. The number of carbonyl (C=O) groups is 2. The van der Waals surface area contributed by atoms with Gasteiger partial charge in [0.25, 0.3) is 11.5 Å². The van der Waals surface area contributed by atoms with Crippen molar-refractivity contribution in [2.45, 2.75) is 6.92 Å². The number of halogens is 1. The van der Waals surface area contributed by atoms with Gasteiger partial charge >= 0.3 is 5.97 Å². The van der Waals surface area contributed by atoms with Crippen molar-refractivity contribution in [3.05, 3.63) is 62.0 Å². The number of rotatable bonds is 5. The molecule has 0 atom stereocenters. The second kappa shape index (κ2) is 10.1. The third kappa shape index (κ3) is 4.72. The van der Waals surface area contributed by atoms with E-state index in [1.807, 2.05) is 11.0 Å². The van der Waals surface area contributed by atoms with E-state index in [0.717, 1.165) is 22.3 Å². The first-order valence-corrected chi connectivity index (χ1v) is 12.2. The number of amides is 1. The second-order valence-corrected chi connectivity index (χ2v) is 10.0. The molecule has 1 N–H and O–H groups in total. The number of carbonyl (C=O) groups excluding carboxylic acids is 1. The predicted molar refractivity (Wildman–Crippen MR) is 139 cm³/mol. The maximum absolute atomic E-state index is 13.3. The van der Waals surface area contributed by atoms with Gasteiger partial charge in [-0.05, 0) is 42.8 Å². The van der Waals surface area contributed by atoms with Crippen LogP contribution in [0.5, 0.6) is 0 Å². The van der Waals surface area contributed by atoms with Gasteiger partial charge in [-0.25, -0.2) is 4.39 Å². The van der Waals surface area contributed by atoms with Crippen LogP contribution in [0.3, 0.4) is 0 Å². The van der Waals surface area contributed by atoms with E-state index in [1.54, 1.807) is 32.2 Å². The molecule has 3 heterocycles. The number of anilines is 2. The molecular formula is C24H22FN5O4S2. The minimum Gasteiger partial charge on any atom is -0.480 e. The van der Waals surface area contributed by atoms with Crippen molar-refractivity contribution in [3.8, 4) is 6.07 Å².